The number of carbonyl (C=O) groups is 2. The van der Waals surface area contributed by atoms with E-state index in [1.165, 1.54) is 0 Å². The summed E-state index contributed by atoms with van der Waals surface area (Å²) in [7, 11) is 0. The van der Waals surface area contributed by atoms with Crippen LogP contribution < -0.4 is 30.6 Å². The van der Waals surface area contributed by atoms with Gasteiger partial charge in [-0.1, -0.05) is 279 Å². The molecule has 2 N–H and O–H groups in total. The Morgan fingerprint density at radius 1 is 0.198 bits per heavy atom. The molecular formula is C102H64N10O2Zn2. The zero-order chi connectivity index (χ0) is 76.0. The molecule has 16 bridgehead atoms. The molecule has 10 aromatic carbocycles. The van der Waals surface area contributed by atoms with E-state index in [-0.39, 0.29) is 50.8 Å². The summed E-state index contributed by atoms with van der Waals surface area (Å²) in [5.41, 5.74) is 30.5. The molecule has 0 fully saturated rings. The first-order valence-electron chi connectivity index (χ1n) is 37.8. The maximum absolute atomic E-state index is 14.4. The second kappa shape index (κ2) is 31.6. The zero-order valence-electron chi connectivity index (χ0n) is 62.6. The summed E-state index contributed by atoms with van der Waals surface area (Å²) in [4.78, 5) is 72.3. The molecule has 0 atom stereocenters. The van der Waals surface area contributed by atoms with Gasteiger partial charge in [0, 0.05) is 22.5 Å². The van der Waals surface area contributed by atoms with Crippen molar-refractivity contribution in [2.45, 2.75) is 0 Å². The fraction of sp³-hybridized carbons (Fsp3) is 0. The molecule has 6 aromatic heterocycles. The molecule has 12 nitrogen and oxygen atoms in total. The van der Waals surface area contributed by atoms with Crippen molar-refractivity contribution in [1.29, 1.82) is 0 Å². The number of anilines is 2. The first kappa shape index (κ1) is 73.1. The van der Waals surface area contributed by atoms with Gasteiger partial charge in [-0.05, 0) is 197 Å². The number of hydrogen-bond donors (Lipinski definition) is 2. The topological polar surface area (TPSA) is 166 Å². The van der Waals surface area contributed by atoms with Gasteiger partial charge >= 0.3 is 39.0 Å². The van der Waals surface area contributed by atoms with Gasteiger partial charge in [-0.25, -0.2) is 19.9 Å². The van der Waals surface area contributed by atoms with Crippen LogP contribution in [0.1, 0.15) is 66.3 Å². The number of nitrogens with one attached hydrogen (secondary N) is 2. The van der Waals surface area contributed by atoms with Gasteiger partial charge in [-0.2, -0.15) is 0 Å². The predicted molar refractivity (Wildman–Crippen MR) is 465 cm³/mol. The van der Waals surface area contributed by atoms with Gasteiger partial charge in [0.1, 0.15) is 0 Å². The van der Waals surface area contributed by atoms with Gasteiger partial charge in [0.15, 0.2) is 0 Å². The van der Waals surface area contributed by atoms with Crippen molar-refractivity contribution in [1.82, 2.24) is 39.9 Å². The molecule has 10 heterocycles. The molecule has 4 aliphatic rings. The molecule has 0 aliphatic carbocycles. The Bertz CT molecular complexity index is 6530. The van der Waals surface area contributed by atoms with Crippen LogP contribution in [0, 0.1) is 0 Å². The van der Waals surface area contributed by atoms with Crippen molar-refractivity contribution in [2.75, 3.05) is 10.6 Å². The summed E-state index contributed by atoms with van der Waals surface area (Å²) in [5, 5.41) is 6.32. The fourth-order valence-corrected chi connectivity index (χ4v) is 15.7. The van der Waals surface area contributed by atoms with Crippen molar-refractivity contribution < 1.29 is 48.5 Å². The summed E-state index contributed by atoms with van der Waals surface area (Å²) < 4.78 is 0. The van der Waals surface area contributed by atoms with Gasteiger partial charge in [0.25, 0.3) is 11.8 Å². The number of fused-ring (bicyclic) bond motifs is 16. The number of carbonyl (C=O) groups excluding carboxylic acids is 2. The average molecular weight is 1590 g/mol. The number of hydrogen-bond acceptors (Lipinski definition) is 6. The Morgan fingerprint density at radius 3 is 0.578 bits per heavy atom. The molecule has 20 rings (SSSR count). The van der Waals surface area contributed by atoms with Crippen LogP contribution in [0.2, 0.25) is 0 Å². The second-order valence-electron chi connectivity index (χ2n) is 28.1. The predicted octanol–water partition coefficient (Wildman–Crippen LogP) is 23.6. The third-order valence-electron chi connectivity index (χ3n) is 21.0. The number of aromatic nitrogens is 8. The molecule has 116 heavy (non-hydrogen) atoms. The standard InChI is InChI=1S/C102H66N10O2.2Zn/c113-101(71-41-37-69(38-42-71)99-89-57-53-85(109-89)95(65-25-11-3-12-26-65)81-49-45-77(105-81)93(63-21-7-1-8-22-63)78-46-50-82(106-78)96(66-27-13-4-14-28-66)86-54-58-90(99)110-86)103-75-35-19-33-73(61-75)74-34-20-36-76(62-74)104-102(114)72-43-39-70(40-44-72)100-91-59-55-87(111-91)97(67-29-15-5-16-30-67)83-51-47-79(107-83)94(64-23-9-2-10-24-64)80-48-52-84(108-80)98(68-31-17-6-18-32-68)88-56-60-92(100)112-88;;/h1-62H,(H4-2,103,104,105,106,107,108,109,110,111,112,113,114);;/q-2;2*+2/p-2. The maximum Gasteiger partial charge on any atom is 2.00 e. The average Bonchev–Trinajstić information content (AvgIpc) is 1.60. The van der Waals surface area contributed by atoms with Crippen LogP contribution in [0.5, 0.6) is 0 Å². The summed E-state index contributed by atoms with van der Waals surface area (Å²) in [5.74, 6) is -0.574. The van der Waals surface area contributed by atoms with E-state index in [4.69, 9.17) is 39.9 Å². The van der Waals surface area contributed by atoms with Crippen LogP contribution in [0.15, 0.2) is 328 Å². The summed E-state index contributed by atoms with van der Waals surface area (Å²) in [6.45, 7) is 0. The number of amides is 2. The molecule has 0 saturated heterocycles. The molecule has 0 unspecified atom stereocenters. The number of benzene rings is 10. The van der Waals surface area contributed by atoms with Gasteiger partial charge in [-0.3, -0.25) is 9.59 Å². The number of rotatable bonds is 13. The minimum Gasteiger partial charge on any atom is -0.657 e. The molecule has 0 radical (unpaired) electrons. The molecule has 14 heteroatoms. The van der Waals surface area contributed by atoms with Crippen LogP contribution in [0.25, 0.3) is 193 Å². The smallest absolute Gasteiger partial charge is 0.657 e. The zero-order valence-corrected chi connectivity index (χ0v) is 68.5. The fourth-order valence-electron chi connectivity index (χ4n) is 15.7. The quantitative estimate of drug-likeness (QED) is 0.106. The molecule has 538 valence electrons. The summed E-state index contributed by atoms with van der Waals surface area (Å²) >= 11 is 0. The molecule has 0 saturated carbocycles. The third kappa shape index (κ3) is 14.1. The van der Waals surface area contributed by atoms with Crippen molar-refractivity contribution >= 4 is 116 Å². The monoisotopic (exact) mass is 1590 g/mol. The second-order valence-corrected chi connectivity index (χ2v) is 28.1. The van der Waals surface area contributed by atoms with E-state index >= 15 is 0 Å². The molecule has 0 spiro atoms. The van der Waals surface area contributed by atoms with E-state index in [2.05, 4.69) is 156 Å². The van der Waals surface area contributed by atoms with E-state index in [9.17, 15) is 9.59 Å². The Hall–Kier alpha value is -14.4. The Labute approximate surface area is 694 Å². The van der Waals surface area contributed by atoms with Gasteiger partial charge in [-0.15, -0.1) is 44.1 Å². The van der Waals surface area contributed by atoms with Gasteiger partial charge in [0.2, 0.25) is 0 Å². The summed E-state index contributed by atoms with van der Waals surface area (Å²) in [6.07, 6.45) is 16.5. The van der Waals surface area contributed by atoms with Gasteiger partial charge < -0.3 is 30.6 Å². The Morgan fingerprint density at radius 2 is 0.379 bits per heavy atom. The van der Waals surface area contributed by atoms with Crippen molar-refractivity contribution in [3.8, 4) is 100 Å². The van der Waals surface area contributed by atoms with E-state index in [1.807, 2.05) is 231 Å². The minimum atomic E-state index is -0.287. The SMILES string of the molecule is O=C(Nc1cccc(-c2cccc(NC(=O)c3ccc(-c4c5nc(c(-c6ccccc6)c6ccc([n-]6)c(-c6ccccc6)c6nc(c(-c7ccccc7)c7ccc4[n-]7)C=C6)C=C5)cc3)c2)c1)c1ccc(-c2c3nc(c(-c4ccccc4)c4ccc([n-]4)c(-c4ccccc4)c4nc(c(-c5ccccc5)c5ccc2[n-]5)C=C4)C=C3)cc1.[Zn+2].[Zn+2]. The summed E-state index contributed by atoms with van der Waals surface area (Å²) in [6, 6.07) is 109. The molecule has 2 amide bonds. The van der Waals surface area contributed by atoms with Crippen molar-refractivity contribution in [3.63, 3.8) is 0 Å². The maximum atomic E-state index is 14.4. The minimum absolute atomic E-state index is 0. The molecule has 16 aromatic rings. The molecular weight excluding hydrogens is 1530 g/mol. The van der Waals surface area contributed by atoms with Crippen LogP contribution in [-0.4, -0.2) is 31.8 Å². The van der Waals surface area contributed by atoms with Crippen molar-refractivity contribution in [2.24, 2.45) is 0 Å². The normalized spacial score (nSPS) is 11.8. The van der Waals surface area contributed by atoms with E-state index < -0.39 is 0 Å². The van der Waals surface area contributed by atoms with Crippen LogP contribution >= 0.6 is 0 Å². The van der Waals surface area contributed by atoms with E-state index in [0.717, 1.165) is 167 Å². The van der Waals surface area contributed by atoms with Gasteiger partial charge in [0.05, 0.1) is 45.6 Å². The van der Waals surface area contributed by atoms with E-state index in [1.54, 1.807) is 0 Å². The Kier molecular flexibility index (Phi) is 19.9. The van der Waals surface area contributed by atoms with Crippen LogP contribution in [-0.2, 0) is 39.0 Å². The number of nitrogens with zero attached hydrogens (tertiary/aromatic N) is 8. The van der Waals surface area contributed by atoms with Crippen molar-refractivity contribution in [3.05, 3.63) is 384 Å². The van der Waals surface area contributed by atoms with E-state index in [0.29, 0.717) is 44.9 Å². The Balaban J connectivity index is 0.00000465. The van der Waals surface area contributed by atoms with Crippen LogP contribution in [0.3, 0.4) is 0 Å². The largest absolute Gasteiger partial charge is 2.00 e. The first-order valence-corrected chi connectivity index (χ1v) is 37.8. The first-order chi connectivity index (χ1) is 56.3. The van der Waals surface area contributed by atoms with Crippen LogP contribution in [0.4, 0.5) is 11.4 Å². The third-order valence-corrected chi connectivity index (χ3v) is 21.0. The molecule has 4 aliphatic heterocycles.